The van der Waals surface area contributed by atoms with E-state index in [1.54, 1.807) is 0 Å². The van der Waals surface area contributed by atoms with Gasteiger partial charge in [-0.1, -0.05) is 6.07 Å². The van der Waals surface area contributed by atoms with E-state index < -0.39 is 17.6 Å². The molecular formula is C13H17F2NO2. The number of carboxylic acids is 1. The Kier molecular flexibility index (Phi) is 5.22. The predicted molar refractivity (Wildman–Crippen MR) is 64.2 cm³/mol. The molecule has 1 aromatic rings. The van der Waals surface area contributed by atoms with E-state index in [4.69, 9.17) is 5.11 Å². The SMILES string of the molecule is CC(C)N(CCC(=O)O)Cc1ccc(F)c(F)c1. The Bertz CT molecular complexity index is 421. The number of rotatable bonds is 6. The second kappa shape index (κ2) is 6.44. The molecule has 0 aliphatic heterocycles. The number of halogens is 2. The number of carboxylic acid groups (broad SMARTS) is 1. The molecule has 0 aromatic heterocycles. The molecule has 0 atom stereocenters. The molecule has 0 aliphatic rings. The molecule has 100 valence electrons. The number of aliphatic carboxylic acids is 1. The van der Waals surface area contributed by atoms with Crippen LogP contribution in [0.4, 0.5) is 8.78 Å². The quantitative estimate of drug-likeness (QED) is 0.851. The van der Waals surface area contributed by atoms with Crippen LogP contribution < -0.4 is 0 Å². The van der Waals surface area contributed by atoms with Gasteiger partial charge in [0.25, 0.3) is 0 Å². The van der Waals surface area contributed by atoms with Gasteiger partial charge in [-0.05, 0) is 31.5 Å². The highest BCUT2D eigenvalue weighted by molar-refractivity contribution is 5.66. The molecule has 5 heteroatoms. The summed E-state index contributed by atoms with van der Waals surface area (Å²) in [5.41, 5.74) is 0.632. The standard InChI is InChI=1S/C13H17F2NO2/c1-9(2)16(6-5-13(17)18)8-10-3-4-11(14)12(15)7-10/h3-4,7,9H,5-6,8H2,1-2H3,(H,17,18). The van der Waals surface area contributed by atoms with Gasteiger partial charge < -0.3 is 5.11 Å². The van der Waals surface area contributed by atoms with E-state index >= 15 is 0 Å². The van der Waals surface area contributed by atoms with Crippen LogP contribution in [-0.2, 0) is 11.3 Å². The van der Waals surface area contributed by atoms with Crippen molar-refractivity contribution in [1.29, 1.82) is 0 Å². The molecule has 0 unspecified atom stereocenters. The van der Waals surface area contributed by atoms with E-state index in [2.05, 4.69) is 0 Å². The van der Waals surface area contributed by atoms with Crippen LogP contribution in [-0.4, -0.2) is 28.6 Å². The molecule has 0 amide bonds. The van der Waals surface area contributed by atoms with Crippen LogP contribution in [0.1, 0.15) is 25.8 Å². The molecule has 0 saturated carbocycles. The van der Waals surface area contributed by atoms with Gasteiger partial charge >= 0.3 is 5.97 Å². The maximum atomic E-state index is 13.1. The van der Waals surface area contributed by atoms with E-state index in [9.17, 15) is 13.6 Å². The number of benzene rings is 1. The molecular weight excluding hydrogens is 240 g/mol. The lowest BCUT2D eigenvalue weighted by molar-refractivity contribution is -0.137. The fourth-order valence-electron chi connectivity index (χ4n) is 1.63. The Hall–Kier alpha value is -1.49. The Morgan fingerprint density at radius 3 is 2.50 bits per heavy atom. The van der Waals surface area contributed by atoms with E-state index in [1.165, 1.54) is 6.07 Å². The van der Waals surface area contributed by atoms with Gasteiger partial charge in [-0.2, -0.15) is 0 Å². The van der Waals surface area contributed by atoms with Crippen LogP contribution in [0.15, 0.2) is 18.2 Å². The van der Waals surface area contributed by atoms with Gasteiger partial charge in [0.05, 0.1) is 6.42 Å². The van der Waals surface area contributed by atoms with Gasteiger partial charge in [-0.25, -0.2) is 8.78 Å². The summed E-state index contributed by atoms with van der Waals surface area (Å²) in [7, 11) is 0. The first-order chi connectivity index (χ1) is 8.40. The number of hydrogen-bond acceptors (Lipinski definition) is 2. The van der Waals surface area contributed by atoms with Crippen molar-refractivity contribution in [2.45, 2.75) is 32.9 Å². The van der Waals surface area contributed by atoms with Gasteiger partial charge in [-0.15, -0.1) is 0 Å². The first-order valence-electron chi connectivity index (χ1n) is 5.80. The monoisotopic (exact) mass is 257 g/mol. The van der Waals surface area contributed by atoms with Crippen molar-refractivity contribution in [2.75, 3.05) is 6.54 Å². The molecule has 1 N–H and O–H groups in total. The first kappa shape index (κ1) is 14.6. The van der Waals surface area contributed by atoms with Gasteiger partial charge in [0.15, 0.2) is 11.6 Å². The van der Waals surface area contributed by atoms with Crippen molar-refractivity contribution in [2.24, 2.45) is 0 Å². The Morgan fingerprint density at radius 2 is 2.00 bits per heavy atom. The highest BCUT2D eigenvalue weighted by Crippen LogP contribution is 2.13. The molecule has 0 spiro atoms. The highest BCUT2D eigenvalue weighted by atomic mass is 19.2. The van der Waals surface area contributed by atoms with Crippen molar-refractivity contribution < 1.29 is 18.7 Å². The predicted octanol–water partition coefficient (Wildman–Crippen LogP) is 2.65. The zero-order chi connectivity index (χ0) is 13.7. The molecule has 1 aromatic carbocycles. The largest absolute Gasteiger partial charge is 0.481 e. The normalized spacial score (nSPS) is 11.2. The van der Waals surface area contributed by atoms with E-state index in [-0.39, 0.29) is 12.5 Å². The summed E-state index contributed by atoms with van der Waals surface area (Å²) >= 11 is 0. The zero-order valence-electron chi connectivity index (χ0n) is 10.5. The van der Waals surface area contributed by atoms with Crippen molar-refractivity contribution in [3.8, 4) is 0 Å². The molecule has 0 heterocycles. The van der Waals surface area contributed by atoms with E-state index in [0.717, 1.165) is 12.1 Å². The lowest BCUT2D eigenvalue weighted by Gasteiger charge is -2.25. The van der Waals surface area contributed by atoms with Crippen LogP contribution >= 0.6 is 0 Å². The second-order valence-electron chi connectivity index (χ2n) is 4.46. The van der Waals surface area contributed by atoms with Crippen LogP contribution in [0.5, 0.6) is 0 Å². The summed E-state index contributed by atoms with van der Waals surface area (Å²) in [5, 5.41) is 8.65. The third-order valence-electron chi connectivity index (χ3n) is 2.71. The Balaban J connectivity index is 2.70. The molecule has 0 radical (unpaired) electrons. The summed E-state index contributed by atoms with van der Waals surface area (Å²) in [6, 6.07) is 3.87. The lowest BCUT2D eigenvalue weighted by Crippen LogP contribution is -2.32. The average molecular weight is 257 g/mol. The number of hydrogen-bond donors (Lipinski definition) is 1. The molecule has 1 rings (SSSR count). The minimum absolute atomic E-state index is 0.0296. The van der Waals surface area contributed by atoms with Crippen LogP contribution in [0, 0.1) is 11.6 Å². The summed E-state index contributed by atoms with van der Waals surface area (Å²) in [5.74, 6) is -2.62. The molecule has 18 heavy (non-hydrogen) atoms. The second-order valence-corrected chi connectivity index (χ2v) is 4.46. The minimum Gasteiger partial charge on any atom is -0.481 e. The minimum atomic E-state index is -0.880. The Morgan fingerprint density at radius 1 is 1.33 bits per heavy atom. The number of nitrogens with zero attached hydrogens (tertiary/aromatic N) is 1. The molecule has 0 saturated heterocycles. The average Bonchev–Trinajstić information content (AvgIpc) is 2.28. The number of carbonyl (C=O) groups is 1. The van der Waals surface area contributed by atoms with Gasteiger partial charge in [0.1, 0.15) is 0 Å². The lowest BCUT2D eigenvalue weighted by atomic mass is 10.1. The van der Waals surface area contributed by atoms with E-state index in [0.29, 0.717) is 18.7 Å². The Labute approximate surface area is 105 Å². The molecule has 3 nitrogen and oxygen atoms in total. The fraction of sp³-hybridized carbons (Fsp3) is 0.462. The van der Waals surface area contributed by atoms with Gasteiger partial charge in [0.2, 0.25) is 0 Å². The summed E-state index contributed by atoms with van der Waals surface area (Å²) in [4.78, 5) is 12.4. The third kappa shape index (κ3) is 4.41. The third-order valence-corrected chi connectivity index (χ3v) is 2.71. The smallest absolute Gasteiger partial charge is 0.304 e. The van der Waals surface area contributed by atoms with Crippen molar-refractivity contribution >= 4 is 5.97 Å². The molecule has 0 bridgehead atoms. The van der Waals surface area contributed by atoms with Crippen LogP contribution in [0.2, 0.25) is 0 Å². The summed E-state index contributed by atoms with van der Waals surface area (Å²) in [6.07, 6.45) is 0.0296. The maximum Gasteiger partial charge on any atom is 0.304 e. The first-order valence-corrected chi connectivity index (χ1v) is 5.80. The highest BCUT2D eigenvalue weighted by Gasteiger charge is 2.13. The van der Waals surface area contributed by atoms with Crippen molar-refractivity contribution in [3.63, 3.8) is 0 Å². The van der Waals surface area contributed by atoms with Gasteiger partial charge in [0, 0.05) is 19.1 Å². The topological polar surface area (TPSA) is 40.5 Å². The van der Waals surface area contributed by atoms with Gasteiger partial charge in [-0.3, -0.25) is 9.69 Å². The summed E-state index contributed by atoms with van der Waals surface area (Å²) in [6.45, 7) is 4.65. The van der Waals surface area contributed by atoms with Crippen molar-refractivity contribution in [3.05, 3.63) is 35.4 Å². The van der Waals surface area contributed by atoms with Crippen LogP contribution in [0.25, 0.3) is 0 Å². The summed E-state index contributed by atoms with van der Waals surface area (Å²) < 4.78 is 25.8. The van der Waals surface area contributed by atoms with E-state index in [1.807, 2.05) is 18.7 Å². The molecule has 0 aliphatic carbocycles. The van der Waals surface area contributed by atoms with Crippen LogP contribution in [0.3, 0.4) is 0 Å². The zero-order valence-corrected chi connectivity index (χ0v) is 10.5. The fourth-order valence-corrected chi connectivity index (χ4v) is 1.63. The maximum absolute atomic E-state index is 13.1. The molecule has 0 fully saturated rings. The van der Waals surface area contributed by atoms with Crippen molar-refractivity contribution in [1.82, 2.24) is 4.90 Å².